The molecule has 0 unspecified atom stereocenters. The number of benzene rings is 1. The quantitative estimate of drug-likeness (QED) is 0.456. The molecule has 1 aromatic carbocycles. The van der Waals surface area contributed by atoms with Gasteiger partial charge in [0.2, 0.25) is 5.91 Å². The summed E-state index contributed by atoms with van der Waals surface area (Å²) in [7, 11) is 1.57. The Kier molecular flexibility index (Phi) is 6.12. The van der Waals surface area contributed by atoms with Crippen LogP contribution in [0.25, 0.3) is 16.8 Å². The Morgan fingerprint density at radius 1 is 1.27 bits per heavy atom. The standard InChI is InChI=1S/C24H26N6O3/c1-4-14(2)30-13-16(11-27-30)17-6-5-7-19(22(17)33-3)28-20-10-21(26-12-18(20)23(25)31)29-24(32)15-8-9-15/h5-7,10-13,15H,2,4,8-9H2,1,3H3,(H2,25,31)(H2,26,28,29,32). The number of para-hydroxylation sites is 1. The van der Waals surface area contributed by atoms with Crippen molar-refractivity contribution in [2.45, 2.75) is 26.2 Å². The van der Waals surface area contributed by atoms with E-state index in [4.69, 9.17) is 10.5 Å². The number of hydrogen-bond donors (Lipinski definition) is 3. The molecule has 0 spiro atoms. The number of anilines is 3. The third kappa shape index (κ3) is 4.72. The number of nitrogens with zero attached hydrogens (tertiary/aromatic N) is 3. The molecule has 0 atom stereocenters. The average molecular weight is 447 g/mol. The minimum Gasteiger partial charge on any atom is -0.494 e. The van der Waals surface area contributed by atoms with Crippen LogP contribution in [0.15, 0.2) is 49.4 Å². The van der Waals surface area contributed by atoms with Crippen molar-refractivity contribution in [3.63, 3.8) is 0 Å². The van der Waals surface area contributed by atoms with Gasteiger partial charge in [-0.25, -0.2) is 9.67 Å². The van der Waals surface area contributed by atoms with Crippen molar-refractivity contribution in [1.82, 2.24) is 14.8 Å². The molecule has 1 fully saturated rings. The van der Waals surface area contributed by atoms with Gasteiger partial charge in [-0.2, -0.15) is 5.10 Å². The predicted molar refractivity (Wildman–Crippen MR) is 127 cm³/mol. The fraction of sp³-hybridized carbons (Fsp3) is 0.250. The van der Waals surface area contributed by atoms with Crippen LogP contribution in [0.3, 0.4) is 0 Å². The number of allylic oxidation sites excluding steroid dienone is 1. The van der Waals surface area contributed by atoms with E-state index in [1.165, 1.54) is 6.20 Å². The fourth-order valence-electron chi connectivity index (χ4n) is 3.42. The summed E-state index contributed by atoms with van der Waals surface area (Å²) in [5, 5.41) is 10.4. The van der Waals surface area contributed by atoms with Crippen molar-refractivity contribution in [1.29, 1.82) is 0 Å². The van der Waals surface area contributed by atoms with E-state index in [0.717, 1.165) is 36.1 Å². The molecule has 0 bridgehead atoms. The molecule has 0 saturated heterocycles. The summed E-state index contributed by atoms with van der Waals surface area (Å²) in [5.41, 5.74) is 9.32. The van der Waals surface area contributed by atoms with Crippen molar-refractivity contribution >= 4 is 34.7 Å². The summed E-state index contributed by atoms with van der Waals surface area (Å²) in [5.74, 6) is 0.217. The van der Waals surface area contributed by atoms with Crippen LogP contribution in [-0.2, 0) is 4.79 Å². The van der Waals surface area contributed by atoms with E-state index < -0.39 is 5.91 Å². The van der Waals surface area contributed by atoms with E-state index in [1.807, 2.05) is 31.3 Å². The first-order valence-electron chi connectivity index (χ1n) is 10.7. The molecule has 0 aliphatic heterocycles. The average Bonchev–Trinajstić information content (AvgIpc) is 3.55. The topological polar surface area (TPSA) is 124 Å². The van der Waals surface area contributed by atoms with E-state index in [2.05, 4.69) is 27.3 Å². The maximum atomic E-state index is 12.1. The lowest BCUT2D eigenvalue weighted by molar-refractivity contribution is -0.117. The lowest BCUT2D eigenvalue weighted by atomic mass is 10.1. The molecule has 4 N–H and O–H groups in total. The monoisotopic (exact) mass is 446 g/mol. The highest BCUT2D eigenvalue weighted by atomic mass is 16.5. The molecular weight excluding hydrogens is 420 g/mol. The first kappa shape index (κ1) is 22.1. The third-order valence-electron chi connectivity index (χ3n) is 5.48. The van der Waals surface area contributed by atoms with Crippen molar-refractivity contribution in [3.05, 3.63) is 55.0 Å². The Balaban J connectivity index is 1.69. The van der Waals surface area contributed by atoms with E-state index in [9.17, 15) is 9.59 Å². The Labute approximate surface area is 191 Å². The second-order valence-corrected chi connectivity index (χ2v) is 7.85. The number of hydrogen-bond acceptors (Lipinski definition) is 6. The molecule has 1 aliphatic rings. The van der Waals surface area contributed by atoms with E-state index in [0.29, 0.717) is 22.9 Å². The largest absolute Gasteiger partial charge is 0.494 e. The molecule has 2 aromatic heterocycles. The third-order valence-corrected chi connectivity index (χ3v) is 5.48. The molecule has 33 heavy (non-hydrogen) atoms. The van der Waals surface area contributed by atoms with E-state index >= 15 is 0 Å². The van der Waals surface area contributed by atoms with Crippen molar-refractivity contribution in [3.8, 4) is 16.9 Å². The number of nitrogens with two attached hydrogens (primary N) is 1. The zero-order chi connectivity index (χ0) is 23.5. The van der Waals surface area contributed by atoms with Crippen LogP contribution < -0.4 is 21.1 Å². The molecule has 0 radical (unpaired) electrons. The maximum Gasteiger partial charge on any atom is 0.252 e. The van der Waals surface area contributed by atoms with Crippen LogP contribution in [0.4, 0.5) is 17.2 Å². The number of aromatic nitrogens is 3. The van der Waals surface area contributed by atoms with Gasteiger partial charge in [-0.05, 0) is 25.3 Å². The number of primary amides is 1. The minimum atomic E-state index is -0.639. The molecule has 1 aliphatic carbocycles. The lowest BCUT2D eigenvalue weighted by Gasteiger charge is -2.16. The highest BCUT2D eigenvalue weighted by molar-refractivity contribution is 6.01. The second-order valence-electron chi connectivity index (χ2n) is 7.85. The van der Waals surface area contributed by atoms with Gasteiger partial charge in [0.15, 0.2) is 0 Å². The first-order chi connectivity index (χ1) is 15.9. The van der Waals surface area contributed by atoms with Crippen LogP contribution in [-0.4, -0.2) is 33.7 Å². The highest BCUT2D eigenvalue weighted by Gasteiger charge is 2.30. The highest BCUT2D eigenvalue weighted by Crippen LogP contribution is 2.39. The first-order valence-corrected chi connectivity index (χ1v) is 10.7. The molecular formula is C24H26N6O3. The van der Waals surface area contributed by atoms with Crippen molar-refractivity contribution < 1.29 is 14.3 Å². The SMILES string of the molecule is C=C(CC)n1cc(-c2cccc(Nc3cc(NC(=O)C4CC4)ncc3C(N)=O)c2OC)cn1. The Hall–Kier alpha value is -4.14. The van der Waals surface area contributed by atoms with Crippen LogP contribution >= 0.6 is 0 Å². The van der Waals surface area contributed by atoms with Gasteiger partial charge in [-0.15, -0.1) is 0 Å². The fourth-order valence-corrected chi connectivity index (χ4v) is 3.42. The Bertz CT molecular complexity index is 1230. The summed E-state index contributed by atoms with van der Waals surface area (Å²) in [6.45, 7) is 6.03. The Morgan fingerprint density at radius 2 is 2.06 bits per heavy atom. The van der Waals surface area contributed by atoms with Crippen LogP contribution in [0.1, 0.15) is 36.5 Å². The van der Waals surface area contributed by atoms with Gasteiger partial charge < -0.3 is 21.1 Å². The number of amides is 2. The molecule has 2 amide bonds. The maximum absolute atomic E-state index is 12.1. The summed E-state index contributed by atoms with van der Waals surface area (Å²) in [6, 6.07) is 7.21. The number of methoxy groups -OCH3 is 1. The molecule has 1 saturated carbocycles. The van der Waals surface area contributed by atoms with E-state index in [-0.39, 0.29) is 17.4 Å². The summed E-state index contributed by atoms with van der Waals surface area (Å²) < 4.78 is 7.44. The van der Waals surface area contributed by atoms with Gasteiger partial charge in [-0.1, -0.05) is 25.6 Å². The summed E-state index contributed by atoms with van der Waals surface area (Å²) in [6.07, 6.45) is 7.52. The van der Waals surface area contributed by atoms with Gasteiger partial charge in [-0.3, -0.25) is 9.59 Å². The number of carbonyl (C=O) groups excluding carboxylic acids is 2. The lowest BCUT2D eigenvalue weighted by Crippen LogP contribution is -2.17. The summed E-state index contributed by atoms with van der Waals surface area (Å²) >= 11 is 0. The number of ether oxygens (including phenoxy) is 1. The van der Waals surface area contributed by atoms with Crippen molar-refractivity contribution in [2.24, 2.45) is 11.7 Å². The zero-order valence-electron chi connectivity index (χ0n) is 18.6. The molecule has 3 aromatic rings. The molecule has 9 nitrogen and oxygen atoms in total. The normalized spacial score (nSPS) is 12.8. The van der Waals surface area contributed by atoms with Gasteiger partial charge in [0, 0.05) is 41.2 Å². The number of pyridine rings is 1. The van der Waals surface area contributed by atoms with Crippen molar-refractivity contribution in [2.75, 3.05) is 17.7 Å². The second kappa shape index (κ2) is 9.15. The zero-order valence-corrected chi connectivity index (χ0v) is 18.6. The molecule has 9 heteroatoms. The molecule has 4 rings (SSSR count). The molecule has 170 valence electrons. The smallest absolute Gasteiger partial charge is 0.252 e. The summed E-state index contributed by atoms with van der Waals surface area (Å²) in [4.78, 5) is 28.3. The predicted octanol–water partition coefficient (Wildman–Crippen LogP) is 4.03. The van der Waals surface area contributed by atoms with Crippen LogP contribution in [0.5, 0.6) is 5.75 Å². The van der Waals surface area contributed by atoms with Gasteiger partial charge in [0.25, 0.3) is 5.91 Å². The number of nitrogens with one attached hydrogen (secondary N) is 2. The van der Waals surface area contributed by atoms with Crippen LogP contribution in [0.2, 0.25) is 0 Å². The number of rotatable bonds is 9. The Morgan fingerprint density at radius 3 is 2.73 bits per heavy atom. The van der Waals surface area contributed by atoms with Gasteiger partial charge in [0.1, 0.15) is 11.6 Å². The van der Waals surface area contributed by atoms with Gasteiger partial charge >= 0.3 is 0 Å². The number of carbonyl (C=O) groups is 2. The van der Waals surface area contributed by atoms with Crippen LogP contribution in [0, 0.1) is 5.92 Å². The minimum absolute atomic E-state index is 0.0282. The van der Waals surface area contributed by atoms with E-state index in [1.54, 1.807) is 24.1 Å². The molecule has 2 heterocycles. The van der Waals surface area contributed by atoms with Gasteiger partial charge in [0.05, 0.1) is 30.2 Å².